The van der Waals surface area contributed by atoms with Gasteiger partial charge in [-0.05, 0) is 38.0 Å². The Morgan fingerprint density at radius 1 is 1.16 bits per heavy atom. The molecule has 0 saturated carbocycles. The molecule has 6 heteroatoms. The largest absolute Gasteiger partial charge is 0.370 e. The predicted octanol–water partition coefficient (Wildman–Crippen LogP) is 2.78. The summed E-state index contributed by atoms with van der Waals surface area (Å²) in [4.78, 5) is 6.12. The molecule has 0 amide bonds. The minimum absolute atomic E-state index is 0. The van der Waals surface area contributed by atoms with Crippen molar-refractivity contribution in [3.05, 3.63) is 35.4 Å². The maximum atomic E-state index is 12.9. The van der Waals surface area contributed by atoms with Gasteiger partial charge in [0.05, 0.1) is 0 Å². The van der Waals surface area contributed by atoms with Crippen molar-refractivity contribution in [3.63, 3.8) is 0 Å². The highest BCUT2D eigenvalue weighted by atomic mass is 127. The van der Waals surface area contributed by atoms with Crippen molar-refractivity contribution in [1.29, 1.82) is 0 Å². The summed E-state index contributed by atoms with van der Waals surface area (Å²) < 4.78 is 25.9. The summed E-state index contributed by atoms with van der Waals surface area (Å²) in [7, 11) is 0. The predicted molar refractivity (Wildman–Crippen MR) is 84.9 cm³/mol. The number of nitrogens with zero attached hydrogens (tertiary/aromatic N) is 2. The first-order chi connectivity index (χ1) is 8.56. The highest BCUT2D eigenvalue weighted by Crippen LogP contribution is 2.08. The topological polar surface area (TPSA) is 41.6 Å². The van der Waals surface area contributed by atoms with Crippen LogP contribution in [0.15, 0.2) is 23.2 Å². The molecule has 0 saturated heterocycles. The average Bonchev–Trinajstić information content (AvgIpc) is 2.29. The number of hydrogen-bond acceptors (Lipinski definition) is 1. The van der Waals surface area contributed by atoms with E-state index in [9.17, 15) is 8.78 Å². The Hall–Kier alpha value is -0.920. The summed E-state index contributed by atoms with van der Waals surface area (Å²) in [6.45, 7) is 5.99. The van der Waals surface area contributed by atoms with Crippen LogP contribution in [0, 0.1) is 11.6 Å². The van der Waals surface area contributed by atoms with Crippen LogP contribution in [0.1, 0.15) is 19.4 Å². The smallest absolute Gasteiger partial charge is 0.191 e. The van der Waals surface area contributed by atoms with Crippen molar-refractivity contribution in [2.75, 3.05) is 19.6 Å². The average molecular weight is 383 g/mol. The normalized spacial score (nSPS) is 11.1. The molecule has 0 spiro atoms. The van der Waals surface area contributed by atoms with E-state index >= 15 is 0 Å². The van der Waals surface area contributed by atoms with Gasteiger partial charge in [0, 0.05) is 25.7 Å². The van der Waals surface area contributed by atoms with Crippen LogP contribution in [0.4, 0.5) is 8.78 Å². The van der Waals surface area contributed by atoms with Crippen LogP contribution in [0.3, 0.4) is 0 Å². The van der Waals surface area contributed by atoms with Gasteiger partial charge in [0.25, 0.3) is 0 Å². The third-order valence-corrected chi connectivity index (χ3v) is 2.68. The summed E-state index contributed by atoms with van der Waals surface area (Å²) in [5.74, 6) is -0.659. The first-order valence-electron chi connectivity index (χ1n) is 6.06. The molecule has 0 aliphatic heterocycles. The van der Waals surface area contributed by atoms with Crippen LogP contribution < -0.4 is 5.73 Å². The van der Waals surface area contributed by atoms with E-state index in [-0.39, 0.29) is 24.0 Å². The van der Waals surface area contributed by atoms with Gasteiger partial charge >= 0.3 is 0 Å². The van der Waals surface area contributed by atoms with Crippen molar-refractivity contribution in [2.45, 2.75) is 20.3 Å². The second kappa shape index (κ2) is 9.06. The fraction of sp³-hybridized carbons (Fsp3) is 0.462. The molecule has 1 rings (SSSR count). The van der Waals surface area contributed by atoms with Gasteiger partial charge in [-0.1, -0.05) is 0 Å². The Morgan fingerprint density at radius 2 is 1.68 bits per heavy atom. The van der Waals surface area contributed by atoms with Gasteiger partial charge in [-0.15, -0.1) is 24.0 Å². The fourth-order valence-electron chi connectivity index (χ4n) is 1.70. The number of nitrogens with two attached hydrogens (primary N) is 1. The monoisotopic (exact) mass is 383 g/mol. The molecule has 0 radical (unpaired) electrons. The SMILES string of the molecule is CCN(CC)C(N)=NCCc1cc(F)cc(F)c1.I. The van der Waals surface area contributed by atoms with E-state index in [0.29, 0.717) is 24.5 Å². The Kier molecular flexibility index (Phi) is 8.62. The van der Waals surface area contributed by atoms with Crippen molar-refractivity contribution in [1.82, 2.24) is 4.90 Å². The lowest BCUT2D eigenvalue weighted by molar-refractivity contribution is 0.458. The minimum Gasteiger partial charge on any atom is -0.370 e. The Balaban J connectivity index is 0.00000324. The summed E-state index contributed by atoms with van der Waals surface area (Å²) in [5, 5.41) is 0. The molecule has 1 aromatic carbocycles. The van der Waals surface area contributed by atoms with E-state index in [1.54, 1.807) is 0 Å². The molecule has 0 heterocycles. The van der Waals surface area contributed by atoms with E-state index in [0.717, 1.165) is 19.2 Å². The molecule has 108 valence electrons. The first kappa shape index (κ1) is 18.1. The third-order valence-electron chi connectivity index (χ3n) is 2.68. The number of guanidine groups is 1. The van der Waals surface area contributed by atoms with Crippen molar-refractivity contribution in [2.24, 2.45) is 10.7 Å². The molecule has 3 nitrogen and oxygen atoms in total. The van der Waals surface area contributed by atoms with Crippen LogP contribution >= 0.6 is 24.0 Å². The summed E-state index contributed by atoms with van der Waals surface area (Å²) in [5.41, 5.74) is 6.38. The second-order valence-electron chi connectivity index (χ2n) is 3.94. The zero-order chi connectivity index (χ0) is 13.5. The van der Waals surface area contributed by atoms with Crippen LogP contribution in [0.5, 0.6) is 0 Å². The molecule has 0 aromatic heterocycles. The van der Waals surface area contributed by atoms with Gasteiger partial charge in [0.2, 0.25) is 0 Å². The Morgan fingerprint density at radius 3 is 2.16 bits per heavy atom. The van der Waals surface area contributed by atoms with Crippen LogP contribution in [0.2, 0.25) is 0 Å². The van der Waals surface area contributed by atoms with Crippen molar-refractivity contribution in [3.8, 4) is 0 Å². The fourth-order valence-corrected chi connectivity index (χ4v) is 1.70. The number of rotatable bonds is 5. The molecule has 0 atom stereocenters. The van der Waals surface area contributed by atoms with Gasteiger partial charge in [-0.25, -0.2) is 8.78 Å². The lowest BCUT2D eigenvalue weighted by Crippen LogP contribution is -2.37. The maximum Gasteiger partial charge on any atom is 0.191 e. The summed E-state index contributed by atoms with van der Waals surface area (Å²) in [6.07, 6.45) is 0.469. The van der Waals surface area contributed by atoms with Gasteiger partial charge in [0.1, 0.15) is 11.6 Å². The van der Waals surface area contributed by atoms with Crippen LogP contribution in [0.25, 0.3) is 0 Å². The molecule has 0 unspecified atom stereocenters. The third kappa shape index (κ3) is 6.17. The molecule has 0 fully saturated rings. The standard InChI is InChI=1S/C13H19F2N3.HI/c1-3-18(4-2)13(16)17-6-5-10-7-11(14)9-12(15)8-10;/h7-9H,3-6H2,1-2H3,(H2,16,17);1H. The van der Waals surface area contributed by atoms with Crippen molar-refractivity contribution < 1.29 is 8.78 Å². The lowest BCUT2D eigenvalue weighted by Gasteiger charge is -2.19. The van der Waals surface area contributed by atoms with Gasteiger partial charge in [-0.3, -0.25) is 4.99 Å². The summed E-state index contributed by atoms with van der Waals surface area (Å²) >= 11 is 0. The van der Waals surface area contributed by atoms with Crippen molar-refractivity contribution >= 4 is 29.9 Å². The Bertz CT molecular complexity index is 400. The van der Waals surface area contributed by atoms with E-state index < -0.39 is 11.6 Å². The lowest BCUT2D eigenvalue weighted by atomic mass is 10.1. The van der Waals surface area contributed by atoms with E-state index in [2.05, 4.69) is 4.99 Å². The molecule has 0 bridgehead atoms. The molecule has 0 aliphatic carbocycles. The quantitative estimate of drug-likeness (QED) is 0.483. The maximum absolute atomic E-state index is 12.9. The zero-order valence-electron chi connectivity index (χ0n) is 11.2. The number of hydrogen-bond donors (Lipinski definition) is 1. The zero-order valence-corrected chi connectivity index (χ0v) is 13.5. The molecule has 19 heavy (non-hydrogen) atoms. The molecule has 1 aromatic rings. The van der Waals surface area contributed by atoms with E-state index in [1.807, 2.05) is 18.7 Å². The Labute approximate surface area is 129 Å². The number of benzene rings is 1. The molecular formula is C13H20F2IN3. The number of aliphatic imine (C=N–C) groups is 1. The highest BCUT2D eigenvalue weighted by Gasteiger charge is 2.03. The number of halogens is 3. The van der Waals surface area contributed by atoms with E-state index in [1.165, 1.54) is 12.1 Å². The second-order valence-corrected chi connectivity index (χ2v) is 3.94. The highest BCUT2D eigenvalue weighted by molar-refractivity contribution is 14.0. The van der Waals surface area contributed by atoms with Gasteiger partial charge in [0.15, 0.2) is 5.96 Å². The van der Waals surface area contributed by atoms with Crippen LogP contribution in [-0.4, -0.2) is 30.5 Å². The van der Waals surface area contributed by atoms with Crippen LogP contribution in [-0.2, 0) is 6.42 Å². The molecule has 2 N–H and O–H groups in total. The van der Waals surface area contributed by atoms with Gasteiger partial charge in [-0.2, -0.15) is 0 Å². The first-order valence-corrected chi connectivity index (χ1v) is 6.06. The molecule has 0 aliphatic rings. The van der Waals surface area contributed by atoms with Gasteiger partial charge < -0.3 is 10.6 Å². The molecular weight excluding hydrogens is 363 g/mol. The minimum atomic E-state index is -0.564. The van der Waals surface area contributed by atoms with E-state index in [4.69, 9.17) is 5.73 Å². The summed E-state index contributed by atoms with van der Waals surface area (Å²) in [6, 6.07) is 3.48.